The number of benzene rings is 1. The lowest BCUT2D eigenvalue weighted by Crippen LogP contribution is -2.27. The van der Waals surface area contributed by atoms with Gasteiger partial charge in [-0.2, -0.15) is 5.26 Å². The topological polar surface area (TPSA) is 78.7 Å². The Hall–Kier alpha value is -2.11. The van der Waals surface area contributed by atoms with E-state index in [-0.39, 0.29) is 17.7 Å². The highest BCUT2D eigenvalue weighted by Gasteiger charge is 2.30. The van der Waals surface area contributed by atoms with Crippen LogP contribution in [-0.2, 0) is 17.6 Å². The van der Waals surface area contributed by atoms with Crippen LogP contribution in [0, 0.1) is 22.7 Å². The summed E-state index contributed by atoms with van der Waals surface area (Å²) in [5.41, 5.74) is 4.56. The predicted octanol–water partition coefficient (Wildman–Crippen LogP) is 7.66. The molecule has 0 saturated heterocycles. The average molecular weight is 546 g/mol. The number of carbonyl (C=O) groups is 1. The van der Waals surface area contributed by atoms with E-state index in [2.05, 4.69) is 37.1 Å². The zero-order valence-corrected chi connectivity index (χ0v) is 23.0. The fourth-order valence-electron chi connectivity index (χ4n) is 4.15. The van der Waals surface area contributed by atoms with Crippen molar-refractivity contribution < 1.29 is 4.79 Å². The smallest absolute Gasteiger partial charge is 0.226 e. The second-order valence-corrected chi connectivity index (χ2v) is 12.5. The molecule has 35 heavy (non-hydrogen) atoms. The molecule has 1 aliphatic rings. The van der Waals surface area contributed by atoms with Crippen molar-refractivity contribution in [3.63, 3.8) is 0 Å². The van der Waals surface area contributed by atoms with Gasteiger partial charge in [-0.3, -0.25) is 4.79 Å². The third kappa shape index (κ3) is 6.37. The number of hydrogen-bond acceptors (Lipinski definition) is 6. The molecule has 0 aliphatic heterocycles. The molecule has 5 nitrogen and oxygen atoms in total. The maximum Gasteiger partial charge on any atom is 0.226 e. The summed E-state index contributed by atoms with van der Waals surface area (Å²) in [7, 11) is 0. The molecule has 2 heterocycles. The Labute approximate surface area is 224 Å². The number of amides is 1. The molecule has 4 rings (SSSR count). The molecule has 2 aromatic heterocycles. The zero-order valence-electron chi connectivity index (χ0n) is 19.8. The second kappa shape index (κ2) is 10.9. The Bertz CT molecular complexity index is 1290. The molecule has 0 saturated carbocycles. The number of nitriles is 1. The molecule has 1 atom stereocenters. The maximum atomic E-state index is 12.5. The van der Waals surface area contributed by atoms with Crippen LogP contribution >= 0.6 is 46.3 Å². The summed E-state index contributed by atoms with van der Waals surface area (Å²) in [6.45, 7) is 6.82. The van der Waals surface area contributed by atoms with Crippen molar-refractivity contribution >= 4 is 57.3 Å². The first-order chi connectivity index (χ1) is 16.6. The standard InChI is InChI=1S/C26H26Cl2N4OS2/c1-26(2,3)17-4-7-21-15(11-17)10-16(13-29)24(30-21)34-9-8-23(33)32-25-31-22(14-35-25)19-6-5-18(27)12-20(19)28/h5-6,10,12,14,17H,4,7-9,11H2,1-3H3,(H,31,32,33). The van der Waals surface area contributed by atoms with Crippen LogP contribution in [0.1, 0.15) is 50.4 Å². The van der Waals surface area contributed by atoms with E-state index in [0.717, 1.165) is 30.5 Å². The Morgan fingerprint density at radius 3 is 2.80 bits per heavy atom. The number of carbonyl (C=O) groups excluding carboxylic acids is 1. The first kappa shape index (κ1) is 26.0. The Balaban J connectivity index is 1.34. The van der Waals surface area contributed by atoms with Crippen molar-refractivity contribution in [2.24, 2.45) is 11.3 Å². The lowest BCUT2D eigenvalue weighted by molar-refractivity contribution is -0.115. The number of thiazole rings is 1. The van der Waals surface area contributed by atoms with Gasteiger partial charge in [-0.05, 0) is 60.4 Å². The monoisotopic (exact) mass is 544 g/mol. The molecule has 0 spiro atoms. The van der Waals surface area contributed by atoms with Gasteiger partial charge in [0.05, 0.1) is 16.3 Å². The van der Waals surface area contributed by atoms with E-state index in [9.17, 15) is 10.1 Å². The summed E-state index contributed by atoms with van der Waals surface area (Å²) < 4.78 is 0. The fraction of sp³-hybridized carbons (Fsp3) is 0.385. The first-order valence-corrected chi connectivity index (χ1v) is 14.0. The van der Waals surface area contributed by atoms with Gasteiger partial charge in [-0.25, -0.2) is 9.97 Å². The number of aromatic nitrogens is 2. The second-order valence-electron chi connectivity index (χ2n) is 9.67. The number of thioether (sulfide) groups is 1. The highest BCUT2D eigenvalue weighted by atomic mass is 35.5. The van der Waals surface area contributed by atoms with Crippen LogP contribution in [0.15, 0.2) is 34.7 Å². The number of halogens is 2. The SMILES string of the molecule is CC(C)(C)C1CCc2nc(SCCC(=O)Nc3nc(-c4ccc(Cl)cc4Cl)cs3)c(C#N)cc2C1. The third-order valence-corrected chi connectivity index (χ3v) is 8.52. The fourth-order valence-corrected chi connectivity index (χ4v) is 6.30. The molecule has 1 unspecified atom stereocenters. The van der Waals surface area contributed by atoms with E-state index in [0.29, 0.717) is 43.1 Å². The van der Waals surface area contributed by atoms with Gasteiger partial charge in [0, 0.05) is 33.8 Å². The minimum Gasteiger partial charge on any atom is -0.302 e. The van der Waals surface area contributed by atoms with Crippen LogP contribution in [0.3, 0.4) is 0 Å². The number of pyridine rings is 1. The van der Waals surface area contributed by atoms with Gasteiger partial charge in [0.25, 0.3) is 0 Å². The van der Waals surface area contributed by atoms with Gasteiger partial charge >= 0.3 is 0 Å². The van der Waals surface area contributed by atoms with Gasteiger partial charge < -0.3 is 5.32 Å². The minimum absolute atomic E-state index is 0.134. The summed E-state index contributed by atoms with van der Waals surface area (Å²) in [6.07, 6.45) is 3.29. The van der Waals surface area contributed by atoms with E-state index in [1.807, 2.05) is 17.5 Å². The van der Waals surface area contributed by atoms with E-state index < -0.39 is 0 Å². The van der Waals surface area contributed by atoms with Crippen molar-refractivity contribution in [1.29, 1.82) is 5.26 Å². The van der Waals surface area contributed by atoms with E-state index in [1.165, 1.54) is 28.7 Å². The molecule has 3 aromatic rings. The molecule has 0 bridgehead atoms. The summed E-state index contributed by atoms with van der Waals surface area (Å²) in [5, 5.41) is 16.7. The number of aryl methyl sites for hydroxylation is 1. The molecule has 1 amide bonds. The Morgan fingerprint density at radius 2 is 2.09 bits per heavy atom. The highest BCUT2D eigenvalue weighted by molar-refractivity contribution is 7.99. The number of hydrogen-bond donors (Lipinski definition) is 1. The van der Waals surface area contributed by atoms with Gasteiger partial charge in [0.1, 0.15) is 11.1 Å². The number of anilines is 1. The van der Waals surface area contributed by atoms with Gasteiger partial charge in [-0.1, -0.05) is 44.0 Å². The Kier molecular flexibility index (Phi) is 8.07. The normalized spacial score (nSPS) is 15.4. The third-order valence-electron chi connectivity index (χ3n) is 6.22. The van der Waals surface area contributed by atoms with Crippen LogP contribution in [0.4, 0.5) is 5.13 Å². The lowest BCUT2D eigenvalue weighted by atomic mass is 9.71. The van der Waals surface area contributed by atoms with Gasteiger partial charge in [-0.15, -0.1) is 23.1 Å². The predicted molar refractivity (Wildman–Crippen MR) is 145 cm³/mol. The quantitative estimate of drug-likeness (QED) is 0.322. The zero-order chi connectivity index (χ0) is 25.2. The lowest BCUT2D eigenvalue weighted by Gasteiger charge is -2.34. The molecule has 0 radical (unpaired) electrons. The molecular formula is C26H26Cl2N4OS2. The van der Waals surface area contributed by atoms with Crippen LogP contribution in [0.25, 0.3) is 11.3 Å². The number of fused-ring (bicyclic) bond motifs is 1. The highest BCUT2D eigenvalue weighted by Crippen LogP contribution is 2.38. The van der Waals surface area contributed by atoms with Crippen molar-refractivity contribution in [1.82, 2.24) is 9.97 Å². The number of rotatable bonds is 6. The summed E-state index contributed by atoms with van der Waals surface area (Å²) in [6, 6.07) is 9.52. The first-order valence-electron chi connectivity index (χ1n) is 11.4. The van der Waals surface area contributed by atoms with Crippen molar-refractivity contribution in [3.8, 4) is 17.3 Å². The average Bonchev–Trinajstić information content (AvgIpc) is 3.25. The molecule has 1 aromatic carbocycles. The summed E-state index contributed by atoms with van der Waals surface area (Å²) in [5.74, 6) is 0.982. The number of nitrogens with zero attached hydrogens (tertiary/aromatic N) is 3. The van der Waals surface area contributed by atoms with Crippen molar-refractivity contribution in [2.75, 3.05) is 11.1 Å². The molecule has 1 aliphatic carbocycles. The molecule has 182 valence electrons. The summed E-state index contributed by atoms with van der Waals surface area (Å²) in [4.78, 5) is 21.8. The van der Waals surface area contributed by atoms with Crippen LogP contribution in [0.2, 0.25) is 10.0 Å². The maximum absolute atomic E-state index is 12.5. The van der Waals surface area contributed by atoms with Crippen molar-refractivity contribution in [3.05, 3.63) is 56.5 Å². The Morgan fingerprint density at radius 1 is 1.29 bits per heavy atom. The van der Waals surface area contributed by atoms with Crippen molar-refractivity contribution in [2.45, 2.75) is 51.5 Å². The minimum atomic E-state index is -0.134. The molecule has 1 N–H and O–H groups in total. The van der Waals surface area contributed by atoms with Gasteiger partial charge in [0.15, 0.2) is 5.13 Å². The molecule has 0 fully saturated rings. The van der Waals surface area contributed by atoms with E-state index >= 15 is 0 Å². The van der Waals surface area contributed by atoms with Crippen LogP contribution in [-0.4, -0.2) is 21.6 Å². The molecule has 9 heteroatoms. The molecular weight excluding hydrogens is 519 g/mol. The van der Waals surface area contributed by atoms with E-state index in [1.54, 1.807) is 12.1 Å². The van der Waals surface area contributed by atoms with E-state index in [4.69, 9.17) is 28.2 Å². The summed E-state index contributed by atoms with van der Waals surface area (Å²) >= 11 is 15.0. The van der Waals surface area contributed by atoms with Crippen LogP contribution < -0.4 is 5.32 Å². The number of nitrogens with one attached hydrogen (secondary N) is 1. The van der Waals surface area contributed by atoms with Crippen LogP contribution in [0.5, 0.6) is 0 Å². The largest absolute Gasteiger partial charge is 0.302 e. The van der Waals surface area contributed by atoms with Gasteiger partial charge in [0.2, 0.25) is 5.91 Å².